The molecule has 18 heavy (non-hydrogen) atoms. The summed E-state index contributed by atoms with van der Waals surface area (Å²) in [6, 6.07) is 5.97. The van der Waals surface area contributed by atoms with Crippen LogP contribution in [0.25, 0.3) is 11.0 Å². The molecule has 0 spiro atoms. The number of carbonyl (C=O) groups is 1. The number of benzene rings is 1. The molecule has 1 aliphatic rings. The summed E-state index contributed by atoms with van der Waals surface area (Å²) in [6.45, 7) is 0. The van der Waals surface area contributed by atoms with Crippen molar-refractivity contribution in [1.29, 1.82) is 0 Å². The number of imidazole rings is 1. The first-order valence-electron chi connectivity index (χ1n) is 6.21. The molecule has 0 amide bonds. The highest BCUT2D eigenvalue weighted by molar-refractivity contribution is 5.79. The Morgan fingerprint density at radius 2 is 2.28 bits per heavy atom. The van der Waals surface area contributed by atoms with Crippen molar-refractivity contribution in [1.82, 2.24) is 9.55 Å². The van der Waals surface area contributed by atoms with E-state index in [1.165, 1.54) is 25.8 Å². The average Bonchev–Trinajstić information content (AvgIpc) is 3.16. The smallest absolute Gasteiger partial charge is 0.309 e. The van der Waals surface area contributed by atoms with Crippen molar-refractivity contribution in [3.8, 4) is 0 Å². The summed E-state index contributed by atoms with van der Waals surface area (Å²) in [5.74, 6) is 1.59. The zero-order valence-electron chi connectivity index (χ0n) is 10.6. The summed E-state index contributed by atoms with van der Waals surface area (Å²) in [7, 11) is 3.46. The van der Waals surface area contributed by atoms with E-state index in [1.807, 2.05) is 25.2 Å². The molecule has 1 aromatic heterocycles. The maximum atomic E-state index is 11.3. The Hall–Kier alpha value is -1.84. The van der Waals surface area contributed by atoms with E-state index in [9.17, 15) is 4.79 Å². The van der Waals surface area contributed by atoms with E-state index in [4.69, 9.17) is 0 Å². The molecule has 1 heterocycles. The van der Waals surface area contributed by atoms with Crippen LogP contribution >= 0.6 is 0 Å². The minimum absolute atomic E-state index is 0.209. The molecule has 0 N–H and O–H groups in total. The fourth-order valence-electron chi connectivity index (χ4n) is 2.31. The number of aromatic nitrogens is 2. The molecule has 4 nitrogen and oxygen atoms in total. The van der Waals surface area contributed by atoms with E-state index in [-0.39, 0.29) is 5.97 Å². The number of methoxy groups -OCH3 is 1. The largest absolute Gasteiger partial charge is 0.469 e. The number of esters is 1. The summed E-state index contributed by atoms with van der Waals surface area (Å²) < 4.78 is 6.84. The Morgan fingerprint density at radius 1 is 1.50 bits per heavy atom. The molecule has 0 unspecified atom stereocenters. The summed E-state index contributed by atoms with van der Waals surface area (Å²) in [4.78, 5) is 15.9. The molecule has 0 bridgehead atoms. The summed E-state index contributed by atoms with van der Waals surface area (Å²) >= 11 is 0. The van der Waals surface area contributed by atoms with Crippen LogP contribution in [0, 0.1) is 0 Å². The van der Waals surface area contributed by atoms with Gasteiger partial charge >= 0.3 is 5.97 Å². The first kappa shape index (κ1) is 11.3. The molecule has 1 aromatic carbocycles. The first-order valence-corrected chi connectivity index (χ1v) is 6.21. The first-order chi connectivity index (χ1) is 8.69. The summed E-state index contributed by atoms with van der Waals surface area (Å²) in [5.41, 5.74) is 3.08. The normalized spacial score (nSPS) is 15.0. The molecule has 0 aliphatic heterocycles. The molecular weight excluding hydrogens is 228 g/mol. The van der Waals surface area contributed by atoms with Crippen LogP contribution in [0.3, 0.4) is 0 Å². The zero-order chi connectivity index (χ0) is 12.7. The van der Waals surface area contributed by atoms with Crippen LogP contribution in [-0.2, 0) is 23.0 Å². The van der Waals surface area contributed by atoms with Gasteiger partial charge in [0.2, 0.25) is 0 Å². The van der Waals surface area contributed by atoms with Crippen molar-refractivity contribution in [3.63, 3.8) is 0 Å². The van der Waals surface area contributed by atoms with E-state index in [2.05, 4.69) is 14.3 Å². The lowest BCUT2D eigenvalue weighted by atomic mass is 10.1. The van der Waals surface area contributed by atoms with Gasteiger partial charge in [0.05, 0.1) is 24.6 Å². The lowest BCUT2D eigenvalue weighted by Gasteiger charge is -2.02. The van der Waals surface area contributed by atoms with Gasteiger partial charge in [-0.25, -0.2) is 4.98 Å². The fourth-order valence-corrected chi connectivity index (χ4v) is 2.31. The molecule has 0 saturated heterocycles. The molecule has 1 aliphatic carbocycles. The van der Waals surface area contributed by atoms with Crippen LogP contribution in [-0.4, -0.2) is 22.6 Å². The SMILES string of the molecule is COC(=O)Cc1ccc2nc(C3CC3)n(C)c2c1. The topological polar surface area (TPSA) is 44.1 Å². The van der Waals surface area contributed by atoms with Crippen LogP contribution in [0.4, 0.5) is 0 Å². The van der Waals surface area contributed by atoms with Crippen LogP contribution in [0.1, 0.15) is 30.1 Å². The van der Waals surface area contributed by atoms with Gasteiger partial charge in [-0.05, 0) is 30.5 Å². The van der Waals surface area contributed by atoms with Crippen molar-refractivity contribution in [2.24, 2.45) is 7.05 Å². The maximum absolute atomic E-state index is 11.3. The van der Waals surface area contributed by atoms with Gasteiger partial charge in [0.25, 0.3) is 0 Å². The van der Waals surface area contributed by atoms with E-state index in [0.29, 0.717) is 12.3 Å². The van der Waals surface area contributed by atoms with Crippen molar-refractivity contribution in [2.45, 2.75) is 25.2 Å². The Labute approximate surface area is 106 Å². The third-order valence-corrected chi connectivity index (χ3v) is 3.50. The number of aryl methyl sites for hydroxylation is 1. The van der Waals surface area contributed by atoms with Crippen LogP contribution in [0.5, 0.6) is 0 Å². The van der Waals surface area contributed by atoms with Crippen LogP contribution in [0.2, 0.25) is 0 Å². The number of fused-ring (bicyclic) bond motifs is 1. The molecule has 94 valence electrons. The second-order valence-corrected chi connectivity index (χ2v) is 4.88. The lowest BCUT2D eigenvalue weighted by Crippen LogP contribution is -2.04. The van der Waals surface area contributed by atoms with Gasteiger partial charge in [-0.2, -0.15) is 0 Å². The summed E-state index contributed by atoms with van der Waals surface area (Å²) in [6.07, 6.45) is 2.80. The number of rotatable bonds is 3. The Morgan fingerprint density at radius 3 is 2.94 bits per heavy atom. The Bertz CT molecular complexity index is 612. The van der Waals surface area contributed by atoms with Gasteiger partial charge < -0.3 is 9.30 Å². The van der Waals surface area contributed by atoms with Crippen LogP contribution in [0.15, 0.2) is 18.2 Å². The van der Waals surface area contributed by atoms with Gasteiger partial charge in [-0.1, -0.05) is 6.07 Å². The monoisotopic (exact) mass is 244 g/mol. The van der Waals surface area contributed by atoms with Gasteiger partial charge in [0.15, 0.2) is 0 Å². The number of hydrogen-bond donors (Lipinski definition) is 0. The number of carbonyl (C=O) groups excluding carboxylic acids is 1. The minimum atomic E-state index is -0.209. The highest BCUT2D eigenvalue weighted by atomic mass is 16.5. The predicted molar refractivity (Wildman–Crippen MR) is 68.4 cm³/mol. The number of hydrogen-bond acceptors (Lipinski definition) is 3. The van der Waals surface area contributed by atoms with E-state index < -0.39 is 0 Å². The third kappa shape index (κ3) is 1.88. The standard InChI is InChI=1S/C14H16N2O2/c1-16-12-7-9(8-13(17)18-2)3-6-11(12)15-14(16)10-4-5-10/h3,6-7,10H,4-5,8H2,1-2H3. The second kappa shape index (κ2) is 4.12. The highest BCUT2D eigenvalue weighted by Gasteiger charge is 2.28. The van der Waals surface area contributed by atoms with E-state index >= 15 is 0 Å². The van der Waals surface area contributed by atoms with Crippen molar-refractivity contribution < 1.29 is 9.53 Å². The zero-order valence-corrected chi connectivity index (χ0v) is 10.6. The molecule has 2 aromatic rings. The van der Waals surface area contributed by atoms with Crippen molar-refractivity contribution in [3.05, 3.63) is 29.6 Å². The van der Waals surface area contributed by atoms with Gasteiger partial charge in [0, 0.05) is 13.0 Å². The third-order valence-electron chi connectivity index (χ3n) is 3.50. The molecule has 4 heteroatoms. The number of nitrogens with zero attached hydrogens (tertiary/aromatic N) is 2. The van der Waals surface area contributed by atoms with Gasteiger partial charge in [-0.15, -0.1) is 0 Å². The maximum Gasteiger partial charge on any atom is 0.309 e. The minimum Gasteiger partial charge on any atom is -0.469 e. The van der Waals surface area contributed by atoms with Crippen LogP contribution < -0.4 is 0 Å². The molecule has 0 radical (unpaired) electrons. The molecule has 1 saturated carbocycles. The average molecular weight is 244 g/mol. The Balaban J connectivity index is 2.00. The van der Waals surface area contributed by atoms with Gasteiger partial charge in [-0.3, -0.25) is 4.79 Å². The predicted octanol–water partition coefficient (Wildman–Crippen LogP) is 2.17. The molecule has 0 atom stereocenters. The van der Waals surface area contributed by atoms with Gasteiger partial charge in [0.1, 0.15) is 5.82 Å². The quantitative estimate of drug-likeness (QED) is 0.777. The van der Waals surface area contributed by atoms with Crippen molar-refractivity contribution >= 4 is 17.0 Å². The lowest BCUT2D eigenvalue weighted by molar-refractivity contribution is -0.139. The molecule has 3 rings (SSSR count). The molecular formula is C14H16N2O2. The van der Waals surface area contributed by atoms with Crippen molar-refractivity contribution in [2.75, 3.05) is 7.11 Å². The second-order valence-electron chi connectivity index (χ2n) is 4.88. The molecule has 1 fully saturated rings. The Kier molecular flexibility index (Phi) is 2.58. The summed E-state index contributed by atoms with van der Waals surface area (Å²) in [5, 5.41) is 0. The number of ether oxygens (including phenoxy) is 1. The van der Waals surface area contributed by atoms with E-state index in [1.54, 1.807) is 0 Å². The highest BCUT2D eigenvalue weighted by Crippen LogP contribution is 2.40. The van der Waals surface area contributed by atoms with E-state index in [0.717, 1.165) is 16.6 Å². The fraction of sp³-hybridized carbons (Fsp3) is 0.429.